The van der Waals surface area contributed by atoms with Crippen LogP contribution in [-0.2, 0) is 4.79 Å². The molecule has 0 atom stereocenters. The molecule has 0 aliphatic rings. The first kappa shape index (κ1) is 27.6. The van der Waals surface area contributed by atoms with Crippen molar-refractivity contribution in [3.05, 3.63) is 182 Å². The topological polar surface area (TPSA) is 23.6 Å². The molecule has 0 bridgehead atoms. The highest BCUT2D eigenvalue weighted by Gasteiger charge is 2.11. The molecule has 0 spiro atoms. The van der Waals surface area contributed by atoms with Gasteiger partial charge in [0.05, 0.1) is 0 Å². The molecule has 0 aliphatic carbocycles. The number of hydrogen-bond donors (Lipinski definition) is 0. The summed E-state index contributed by atoms with van der Waals surface area (Å²) in [5, 5.41) is 0. The largest absolute Gasteiger partial charge is 0.311 e. The van der Waals surface area contributed by atoms with E-state index >= 15 is 0 Å². The molecular weight excluding hydrogens is 488 g/mol. The molecule has 6 aromatic carbocycles. The molecule has 0 fully saturated rings. The number of carbonyl (C=O) groups excluding carboxylic acids is 1. The van der Waals surface area contributed by atoms with Gasteiger partial charge in [-0.25, -0.2) is 0 Å². The highest BCUT2D eigenvalue weighted by atomic mass is 16.1. The van der Waals surface area contributed by atoms with E-state index in [1.165, 1.54) is 34.1 Å². The van der Waals surface area contributed by atoms with Gasteiger partial charge in [0.15, 0.2) is 0 Å². The summed E-state index contributed by atoms with van der Waals surface area (Å²) in [7, 11) is 0. The zero-order chi connectivity index (χ0) is 27.8. The maximum Gasteiger partial charge on any atom is 0.106 e. The fraction of sp³-hybridized carbons (Fsp3) is 0. The van der Waals surface area contributed by atoms with E-state index in [4.69, 9.17) is 4.79 Å². The fourth-order valence-electron chi connectivity index (χ4n) is 4.36. The van der Waals surface area contributed by atoms with Crippen LogP contribution in [-0.4, -0.2) is 6.79 Å². The van der Waals surface area contributed by atoms with E-state index in [2.05, 4.69) is 155 Å². The van der Waals surface area contributed by atoms with Crippen molar-refractivity contribution in [3.8, 4) is 0 Å². The Morgan fingerprint density at radius 3 is 0.500 bits per heavy atom. The zero-order valence-electron chi connectivity index (χ0n) is 22.3. The number of carbonyl (C=O) groups is 1. The zero-order valence-corrected chi connectivity index (χ0v) is 22.3. The van der Waals surface area contributed by atoms with Gasteiger partial charge >= 0.3 is 0 Å². The number of rotatable bonds is 6. The monoisotopic (exact) mass is 520 g/mol. The van der Waals surface area contributed by atoms with Gasteiger partial charge in [-0.3, -0.25) is 0 Å². The summed E-state index contributed by atoms with van der Waals surface area (Å²) in [6, 6.07) is 62.5. The summed E-state index contributed by atoms with van der Waals surface area (Å²) in [6.07, 6.45) is 0. The van der Waals surface area contributed by atoms with Crippen LogP contribution in [0.15, 0.2) is 182 Å². The van der Waals surface area contributed by atoms with Crippen LogP contribution in [0.3, 0.4) is 0 Å². The van der Waals surface area contributed by atoms with Crippen LogP contribution < -0.4 is 9.80 Å². The van der Waals surface area contributed by atoms with Crippen LogP contribution in [0.5, 0.6) is 0 Å². The molecule has 0 saturated carbocycles. The van der Waals surface area contributed by atoms with Gasteiger partial charge in [-0.05, 0) is 72.8 Å². The predicted octanol–water partition coefficient (Wildman–Crippen LogP) is 10.1. The first-order valence-electron chi connectivity index (χ1n) is 13.1. The summed E-state index contributed by atoms with van der Waals surface area (Å²) >= 11 is 0. The minimum absolute atomic E-state index is 1.17. The Morgan fingerprint density at radius 1 is 0.250 bits per heavy atom. The third-order valence-corrected chi connectivity index (χ3v) is 6.09. The molecule has 0 aliphatic heterocycles. The fourth-order valence-corrected chi connectivity index (χ4v) is 4.36. The third-order valence-electron chi connectivity index (χ3n) is 6.09. The van der Waals surface area contributed by atoms with E-state index < -0.39 is 0 Å². The van der Waals surface area contributed by atoms with Gasteiger partial charge in [-0.15, -0.1) is 0 Å². The molecule has 196 valence electrons. The molecule has 0 aromatic heterocycles. The lowest BCUT2D eigenvalue weighted by Crippen LogP contribution is -2.09. The smallest absolute Gasteiger partial charge is 0.106 e. The van der Waals surface area contributed by atoms with Gasteiger partial charge in [0.2, 0.25) is 0 Å². The van der Waals surface area contributed by atoms with Crippen LogP contribution in [0.25, 0.3) is 0 Å². The third kappa shape index (κ3) is 7.33. The molecule has 0 unspecified atom stereocenters. The van der Waals surface area contributed by atoms with Crippen LogP contribution in [0.4, 0.5) is 34.1 Å². The summed E-state index contributed by atoms with van der Waals surface area (Å²) in [5.41, 5.74) is 7.00. The van der Waals surface area contributed by atoms with Crippen molar-refractivity contribution in [3.63, 3.8) is 0 Å². The number of nitrogens with zero attached hydrogens (tertiary/aromatic N) is 2. The van der Waals surface area contributed by atoms with E-state index in [0.29, 0.717) is 0 Å². The Hall–Kier alpha value is -5.41. The number of benzene rings is 6. The van der Waals surface area contributed by atoms with Gasteiger partial charge in [0, 0.05) is 34.1 Å². The SMILES string of the molecule is C=O.c1ccc(N(c2ccccc2)c2ccccc2)cc1.c1ccc(N(c2ccccc2)c2ccccc2)cc1. The standard InChI is InChI=1S/2C18H15N.CH2O/c2*1-4-10-16(11-5-1)19(17-12-6-2-7-13-17)18-14-8-3-9-15-18;1-2/h2*1-15H;1H2. The van der Waals surface area contributed by atoms with Crippen LogP contribution >= 0.6 is 0 Å². The van der Waals surface area contributed by atoms with Gasteiger partial charge in [0.25, 0.3) is 0 Å². The first-order chi connectivity index (χ1) is 19.9. The van der Waals surface area contributed by atoms with Crippen molar-refractivity contribution < 1.29 is 4.79 Å². The molecule has 3 nitrogen and oxygen atoms in total. The summed E-state index contributed by atoms with van der Waals surface area (Å²) < 4.78 is 0. The minimum Gasteiger partial charge on any atom is -0.311 e. The van der Waals surface area contributed by atoms with E-state index in [1.54, 1.807) is 0 Å². The van der Waals surface area contributed by atoms with Crippen LogP contribution in [0.2, 0.25) is 0 Å². The second-order valence-corrected chi connectivity index (χ2v) is 8.68. The number of hydrogen-bond acceptors (Lipinski definition) is 3. The minimum atomic E-state index is 1.17. The van der Waals surface area contributed by atoms with Gasteiger partial charge in [-0.1, -0.05) is 109 Å². The molecule has 40 heavy (non-hydrogen) atoms. The lowest BCUT2D eigenvalue weighted by Gasteiger charge is -2.25. The average molecular weight is 521 g/mol. The molecule has 0 amide bonds. The van der Waals surface area contributed by atoms with Gasteiger partial charge in [-0.2, -0.15) is 0 Å². The number of anilines is 6. The highest BCUT2D eigenvalue weighted by molar-refractivity contribution is 5.77. The first-order valence-corrected chi connectivity index (χ1v) is 13.1. The molecule has 0 heterocycles. The average Bonchev–Trinajstić information content (AvgIpc) is 3.06. The highest BCUT2D eigenvalue weighted by Crippen LogP contribution is 2.34. The van der Waals surface area contributed by atoms with Crippen molar-refractivity contribution in [2.75, 3.05) is 9.80 Å². The molecule has 6 aromatic rings. The Bertz CT molecular complexity index is 1190. The Labute approximate surface area is 237 Å². The van der Waals surface area contributed by atoms with Crippen molar-refractivity contribution in [1.82, 2.24) is 0 Å². The van der Waals surface area contributed by atoms with Gasteiger partial charge in [0.1, 0.15) is 6.79 Å². The van der Waals surface area contributed by atoms with E-state index in [0.717, 1.165) is 0 Å². The van der Waals surface area contributed by atoms with Crippen molar-refractivity contribution in [2.45, 2.75) is 0 Å². The summed E-state index contributed by atoms with van der Waals surface area (Å²) in [4.78, 5) is 12.5. The maximum absolute atomic E-state index is 8.00. The van der Waals surface area contributed by atoms with Crippen molar-refractivity contribution in [2.24, 2.45) is 0 Å². The second kappa shape index (κ2) is 15.1. The van der Waals surface area contributed by atoms with Crippen LogP contribution in [0, 0.1) is 0 Å². The maximum atomic E-state index is 8.00. The molecule has 0 saturated heterocycles. The molecular formula is C37H32N2O. The van der Waals surface area contributed by atoms with Crippen molar-refractivity contribution >= 4 is 40.9 Å². The summed E-state index contributed by atoms with van der Waals surface area (Å²) in [5.74, 6) is 0. The van der Waals surface area contributed by atoms with Gasteiger partial charge < -0.3 is 14.6 Å². The van der Waals surface area contributed by atoms with E-state index in [9.17, 15) is 0 Å². The summed E-state index contributed by atoms with van der Waals surface area (Å²) in [6.45, 7) is 2.00. The second-order valence-electron chi connectivity index (χ2n) is 8.68. The van der Waals surface area contributed by atoms with Crippen molar-refractivity contribution in [1.29, 1.82) is 0 Å². The lowest BCUT2D eigenvalue weighted by atomic mass is 10.2. The Balaban J connectivity index is 0.000000174. The molecule has 6 rings (SSSR count). The molecule has 0 N–H and O–H groups in total. The lowest BCUT2D eigenvalue weighted by molar-refractivity contribution is -0.0979. The molecule has 3 heteroatoms. The molecule has 0 radical (unpaired) electrons. The van der Waals surface area contributed by atoms with Crippen LogP contribution in [0.1, 0.15) is 0 Å². The Morgan fingerprint density at radius 2 is 0.375 bits per heavy atom. The van der Waals surface area contributed by atoms with E-state index in [-0.39, 0.29) is 0 Å². The van der Waals surface area contributed by atoms with E-state index in [1.807, 2.05) is 43.2 Å². The predicted molar refractivity (Wildman–Crippen MR) is 169 cm³/mol. The quantitative estimate of drug-likeness (QED) is 0.218. The Kier molecular flexibility index (Phi) is 10.4. The normalized spacial score (nSPS) is 9.70. The number of para-hydroxylation sites is 6.